The van der Waals surface area contributed by atoms with Crippen molar-refractivity contribution in [1.82, 2.24) is 4.57 Å². The van der Waals surface area contributed by atoms with E-state index in [1.165, 1.54) is 77.1 Å². The number of fused-ring (bicyclic) bond motifs is 5. The van der Waals surface area contributed by atoms with Crippen LogP contribution in [0.2, 0.25) is 0 Å². The minimum Gasteiger partial charge on any atom is -0.310 e. The van der Waals surface area contributed by atoms with E-state index < -0.39 is 0 Å². The van der Waals surface area contributed by atoms with Crippen molar-refractivity contribution in [2.75, 3.05) is 4.90 Å². The highest BCUT2D eigenvalue weighted by atomic mass is 15.1. The summed E-state index contributed by atoms with van der Waals surface area (Å²) in [6, 6.07) is 87.8. The number of nitrogens with zero attached hydrogens (tertiary/aromatic N) is 2. The van der Waals surface area contributed by atoms with Gasteiger partial charge in [-0.05, 0) is 116 Å². The average Bonchev–Trinajstić information content (AvgIpc) is 3.68. The smallest absolute Gasteiger partial charge is 0.0547 e. The summed E-state index contributed by atoms with van der Waals surface area (Å²) < 4.78 is 2.42. The lowest BCUT2D eigenvalue weighted by molar-refractivity contribution is 1.18. The average molecular weight is 765 g/mol. The molecule has 0 N–H and O–H groups in total. The van der Waals surface area contributed by atoms with Crippen molar-refractivity contribution in [3.8, 4) is 50.2 Å². The molecule has 0 saturated carbocycles. The third kappa shape index (κ3) is 6.32. The van der Waals surface area contributed by atoms with E-state index in [9.17, 15) is 0 Å². The molecule has 0 atom stereocenters. The maximum atomic E-state index is 2.42. The molecule has 0 aliphatic heterocycles. The third-order valence-corrected chi connectivity index (χ3v) is 11.8. The fourth-order valence-corrected chi connectivity index (χ4v) is 8.91. The minimum absolute atomic E-state index is 1.09. The maximum Gasteiger partial charge on any atom is 0.0547 e. The molecule has 2 nitrogen and oxygen atoms in total. The normalized spacial score (nSPS) is 11.3. The van der Waals surface area contributed by atoms with Crippen LogP contribution >= 0.6 is 0 Å². The van der Waals surface area contributed by atoms with Crippen molar-refractivity contribution in [2.24, 2.45) is 0 Å². The molecule has 11 aromatic rings. The lowest BCUT2D eigenvalue weighted by atomic mass is 9.96. The number of anilines is 3. The van der Waals surface area contributed by atoms with Gasteiger partial charge in [-0.3, -0.25) is 0 Å². The van der Waals surface area contributed by atoms with Crippen molar-refractivity contribution in [3.05, 3.63) is 243 Å². The van der Waals surface area contributed by atoms with E-state index in [1.54, 1.807) is 0 Å². The van der Waals surface area contributed by atoms with Crippen molar-refractivity contribution >= 4 is 49.6 Å². The summed E-state index contributed by atoms with van der Waals surface area (Å²) in [7, 11) is 0. The Morgan fingerprint density at radius 2 is 0.750 bits per heavy atom. The molecule has 2 heteroatoms. The minimum atomic E-state index is 1.09. The number of benzene rings is 10. The molecule has 0 saturated heterocycles. The Kier molecular flexibility index (Phi) is 8.87. The molecule has 0 aliphatic carbocycles. The molecule has 0 bridgehead atoms. The van der Waals surface area contributed by atoms with Gasteiger partial charge in [0, 0.05) is 33.5 Å². The summed E-state index contributed by atoms with van der Waals surface area (Å²) in [5.41, 5.74) is 16.4. The van der Waals surface area contributed by atoms with Crippen molar-refractivity contribution in [2.45, 2.75) is 0 Å². The van der Waals surface area contributed by atoms with E-state index in [1.807, 2.05) is 0 Å². The Labute approximate surface area is 350 Å². The second kappa shape index (κ2) is 15.1. The molecule has 1 aromatic heterocycles. The van der Waals surface area contributed by atoms with Crippen LogP contribution in [0, 0.1) is 0 Å². The Bertz CT molecular complexity index is 3260. The predicted molar refractivity (Wildman–Crippen MR) is 255 cm³/mol. The molecule has 11 rings (SSSR count). The van der Waals surface area contributed by atoms with Gasteiger partial charge in [0.25, 0.3) is 0 Å². The van der Waals surface area contributed by atoms with Crippen LogP contribution in [0.4, 0.5) is 17.1 Å². The van der Waals surface area contributed by atoms with Gasteiger partial charge in [0.1, 0.15) is 0 Å². The van der Waals surface area contributed by atoms with Gasteiger partial charge in [-0.2, -0.15) is 0 Å². The van der Waals surface area contributed by atoms with Gasteiger partial charge in [0.15, 0.2) is 0 Å². The molecule has 0 unspecified atom stereocenters. The lowest BCUT2D eigenvalue weighted by Crippen LogP contribution is -2.10. The molecule has 0 fully saturated rings. The molecule has 10 aromatic carbocycles. The van der Waals surface area contributed by atoms with Crippen molar-refractivity contribution in [3.63, 3.8) is 0 Å². The van der Waals surface area contributed by atoms with E-state index in [-0.39, 0.29) is 0 Å². The van der Waals surface area contributed by atoms with Gasteiger partial charge in [0.05, 0.1) is 11.0 Å². The highest BCUT2D eigenvalue weighted by molar-refractivity contribution is 6.25. The van der Waals surface area contributed by atoms with Gasteiger partial charge in [-0.15, -0.1) is 0 Å². The summed E-state index contributed by atoms with van der Waals surface area (Å²) in [5.74, 6) is 0. The van der Waals surface area contributed by atoms with Crippen LogP contribution in [-0.4, -0.2) is 4.57 Å². The molecule has 60 heavy (non-hydrogen) atoms. The Hall–Kier alpha value is -7.94. The Balaban J connectivity index is 1.05. The summed E-state index contributed by atoms with van der Waals surface area (Å²) in [5, 5.41) is 5.02. The molecular weight excluding hydrogens is 725 g/mol. The SMILES string of the molecule is c1ccc(-c2ccc(-c3ccc(N(c4ccc(-c5ccccc5)cc4)c4cccc(-c5cccc6c5c5c7ccccc7ccc5n6-c5ccccc5)c4)cc3)cc2)cc1. The zero-order valence-electron chi connectivity index (χ0n) is 33.0. The number of hydrogen-bond donors (Lipinski definition) is 0. The maximum absolute atomic E-state index is 2.42. The third-order valence-electron chi connectivity index (χ3n) is 11.8. The molecule has 0 radical (unpaired) electrons. The van der Waals surface area contributed by atoms with E-state index in [4.69, 9.17) is 0 Å². The quantitative estimate of drug-likeness (QED) is 0.150. The van der Waals surface area contributed by atoms with Crippen LogP contribution in [0.5, 0.6) is 0 Å². The van der Waals surface area contributed by atoms with E-state index in [0.717, 1.165) is 22.7 Å². The lowest BCUT2D eigenvalue weighted by Gasteiger charge is -2.26. The van der Waals surface area contributed by atoms with Gasteiger partial charge >= 0.3 is 0 Å². The Morgan fingerprint density at radius 3 is 1.35 bits per heavy atom. The molecular formula is C58H40N2. The highest BCUT2D eigenvalue weighted by Gasteiger charge is 2.20. The number of aromatic nitrogens is 1. The van der Waals surface area contributed by atoms with E-state index in [0.29, 0.717) is 0 Å². The van der Waals surface area contributed by atoms with Gasteiger partial charge in [-0.1, -0.05) is 182 Å². The zero-order chi connectivity index (χ0) is 39.8. The van der Waals surface area contributed by atoms with Crippen LogP contribution in [0.25, 0.3) is 82.8 Å². The van der Waals surface area contributed by atoms with Crippen LogP contribution < -0.4 is 4.90 Å². The monoisotopic (exact) mass is 764 g/mol. The van der Waals surface area contributed by atoms with Crippen molar-refractivity contribution in [1.29, 1.82) is 0 Å². The number of para-hydroxylation sites is 1. The standard InChI is InChI=1S/C58H40N2/c1-4-14-41(15-5-1)43-26-28-44(29-27-43)46-32-37-51(38-33-46)59(50-35-30-45(31-36-50)42-16-6-2-7-17-42)52-22-12-19-48(40-52)54-24-13-25-55-58(54)57-53-23-11-10-18-47(53)34-39-56(57)60(55)49-20-8-3-9-21-49/h1-40H. The molecule has 0 aliphatic rings. The summed E-state index contributed by atoms with van der Waals surface area (Å²) in [4.78, 5) is 2.38. The fraction of sp³-hybridized carbons (Fsp3) is 0. The summed E-state index contributed by atoms with van der Waals surface area (Å²) >= 11 is 0. The Morgan fingerprint density at radius 1 is 0.283 bits per heavy atom. The molecule has 1 heterocycles. The largest absolute Gasteiger partial charge is 0.310 e. The second-order valence-electron chi connectivity index (χ2n) is 15.3. The summed E-state index contributed by atoms with van der Waals surface area (Å²) in [6.45, 7) is 0. The topological polar surface area (TPSA) is 8.17 Å². The molecule has 0 spiro atoms. The van der Waals surface area contributed by atoms with Gasteiger partial charge < -0.3 is 9.47 Å². The van der Waals surface area contributed by atoms with E-state index in [2.05, 4.69) is 252 Å². The van der Waals surface area contributed by atoms with Gasteiger partial charge in [0.2, 0.25) is 0 Å². The molecule has 282 valence electrons. The predicted octanol–water partition coefficient (Wildman–Crippen LogP) is 16.1. The number of rotatable bonds is 8. The summed E-state index contributed by atoms with van der Waals surface area (Å²) in [6.07, 6.45) is 0. The van der Waals surface area contributed by atoms with Crippen molar-refractivity contribution < 1.29 is 0 Å². The first-order valence-corrected chi connectivity index (χ1v) is 20.6. The van der Waals surface area contributed by atoms with Gasteiger partial charge in [-0.25, -0.2) is 0 Å². The van der Waals surface area contributed by atoms with Crippen LogP contribution in [0.3, 0.4) is 0 Å². The van der Waals surface area contributed by atoms with E-state index >= 15 is 0 Å². The first-order valence-electron chi connectivity index (χ1n) is 20.6. The first kappa shape index (κ1) is 35.2. The second-order valence-corrected chi connectivity index (χ2v) is 15.3. The first-order chi connectivity index (χ1) is 29.8. The highest BCUT2D eigenvalue weighted by Crippen LogP contribution is 2.44. The van der Waals surface area contributed by atoms with Crippen LogP contribution in [-0.2, 0) is 0 Å². The number of hydrogen-bond acceptors (Lipinski definition) is 1. The van der Waals surface area contributed by atoms with Crippen LogP contribution in [0.1, 0.15) is 0 Å². The fourth-order valence-electron chi connectivity index (χ4n) is 8.91. The zero-order valence-corrected chi connectivity index (χ0v) is 33.0. The van der Waals surface area contributed by atoms with Crippen LogP contribution in [0.15, 0.2) is 243 Å². The molecule has 0 amide bonds.